The van der Waals surface area contributed by atoms with Crippen molar-refractivity contribution >= 4 is 39.2 Å². The summed E-state index contributed by atoms with van der Waals surface area (Å²) in [6.45, 7) is -0.0384. The fourth-order valence-electron chi connectivity index (χ4n) is 3.65. The number of carbonyl (C=O) groups excluding carboxylic acids is 3. The molecule has 4 rings (SSSR count). The monoisotopic (exact) mass is 428 g/mol. The lowest BCUT2D eigenvalue weighted by Gasteiger charge is -2.25. The summed E-state index contributed by atoms with van der Waals surface area (Å²) in [5.41, 5.74) is 1.29. The first-order chi connectivity index (χ1) is 13.0. The Morgan fingerprint density at radius 3 is 2.56 bits per heavy atom. The van der Waals surface area contributed by atoms with Gasteiger partial charge in [-0.05, 0) is 24.3 Å². The van der Waals surface area contributed by atoms with Crippen molar-refractivity contribution in [2.45, 2.75) is 18.6 Å². The van der Waals surface area contributed by atoms with E-state index in [-0.39, 0.29) is 37.1 Å². The van der Waals surface area contributed by atoms with Crippen LogP contribution in [0.25, 0.3) is 0 Å². The first kappa shape index (κ1) is 17.9. The Bertz CT molecular complexity index is 928. The van der Waals surface area contributed by atoms with Crippen molar-refractivity contribution in [1.82, 2.24) is 4.90 Å². The van der Waals surface area contributed by atoms with Crippen molar-refractivity contribution in [3.05, 3.63) is 64.1 Å². The minimum absolute atomic E-state index is 0.123. The normalized spacial score (nSPS) is 21.7. The van der Waals surface area contributed by atoms with E-state index in [2.05, 4.69) is 15.9 Å². The zero-order chi connectivity index (χ0) is 19.1. The Kier molecular flexibility index (Phi) is 4.57. The summed E-state index contributed by atoms with van der Waals surface area (Å²) in [5, 5.41) is 9.97. The summed E-state index contributed by atoms with van der Waals surface area (Å²) in [6.07, 6.45) is -0.557. The summed E-state index contributed by atoms with van der Waals surface area (Å²) in [6, 6.07) is 13.0. The molecular weight excluding hydrogens is 412 g/mol. The van der Waals surface area contributed by atoms with Gasteiger partial charge < -0.3 is 14.9 Å². The molecule has 0 saturated carbocycles. The summed E-state index contributed by atoms with van der Waals surface area (Å²) < 4.78 is 0.858. The van der Waals surface area contributed by atoms with E-state index in [9.17, 15) is 19.5 Å². The lowest BCUT2D eigenvalue weighted by molar-refractivity contribution is -0.122. The predicted molar refractivity (Wildman–Crippen MR) is 103 cm³/mol. The molecule has 0 bridgehead atoms. The number of para-hydroxylation sites is 1. The van der Waals surface area contributed by atoms with Crippen molar-refractivity contribution < 1.29 is 19.5 Å². The van der Waals surface area contributed by atoms with Crippen LogP contribution in [0, 0.1) is 0 Å². The van der Waals surface area contributed by atoms with Crippen LogP contribution in [-0.2, 0) is 4.79 Å². The van der Waals surface area contributed by atoms with Gasteiger partial charge in [0.15, 0.2) is 5.78 Å². The average molecular weight is 429 g/mol. The topological polar surface area (TPSA) is 77.9 Å². The van der Waals surface area contributed by atoms with E-state index in [1.807, 2.05) is 0 Å². The molecule has 6 nitrogen and oxygen atoms in total. The number of fused-ring (bicyclic) bond motifs is 2. The molecule has 1 fully saturated rings. The van der Waals surface area contributed by atoms with Gasteiger partial charge in [0.2, 0.25) is 5.91 Å². The SMILES string of the molecule is O=C(CN1C(=O)[C@@H]2C[C@@H](O)CN2C(=O)c2ccccc21)c1ccc(Br)cc1. The Labute approximate surface area is 164 Å². The van der Waals surface area contributed by atoms with Crippen LogP contribution in [0.4, 0.5) is 5.69 Å². The van der Waals surface area contributed by atoms with Crippen LogP contribution in [0.1, 0.15) is 27.1 Å². The average Bonchev–Trinajstić information content (AvgIpc) is 3.04. The fourth-order valence-corrected chi connectivity index (χ4v) is 3.91. The molecule has 0 spiro atoms. The highest BCUT2D eigenvalue weighted by atomic mass is 79.9. The number of benzene rings is 2. The Balaban J connectivity index is 1.72. The van der Waals surface area contributed by atoms with E-state index in [0.29, 0.717) is 16.8 Å². The third-order valence-electron chi connectivity index (χ3n) is 4.98. The highest BCUT2D eigenvalue weighted by Crippen LogP contribution is 2.32. The summed E-state index contributed by atoms with van der Waals surface area (Å²) in [4.78, 5) is 41.6. The fraction of sp³-hybridized carbons (Fsp3) is 0.250. The summed E-state index contributed by atoms with van der Waals surface area (Å²) in [7, 11) is 0. The number of Topliss-reactive ketones (excluding diaryl/α,β-unsaturated/α-hetero) is 1. The first-order valence-corrected chi connectivity index (χ1v) is 9.43. The lowest BCUT2D eigenvalue weighted by Crippen LogP contribution is -2.46. The minimum Gasteiger partial charge on any atom is -0.391 e. The predicted octanol–water partition coefficient (Wildman–Crippen LogP) is 2.25. The maximum absolute atomic E-state index is 13.2. The van der Waals surface area contributed by atoms with Crippen molar-refractivity contribution in [3.63, 3.8) is 0 Å². The number of hydrogen-bond acceptors (Lipinski definition) is 4. The molecule has 2 aliphatic heterocycles. The zero-order valence-corrected chi connectivity index (χ0v) is 15.9. The number of aliphatic hydroxyl groups is 1. The van der Waals surface area contributed by atoms with Crippen molar-refractivity contribution in [2.24, 2.45) is 0 Å². The van der Waals surface area contributed by atoms with Gasteiger partial charge in [0.1, 0.15) is 6.04 Å². The van der Waals surface area contributed by atoms with Gasteiger partial charge in [0.25, 0.3) is 5.91 Å². The number of anilines is 1. The van der Waals surface area contributed by atoms with Gasteiger partial charge in [-0.25, -0.2) is 0 Å². The number of ketones is 1. The van der Waals surface area contributed by atoms with Crippen LogP contribution < -0.4 is 4.90 Å². The highest BCUT2D eigenvalue weighted by molar-refractivity contribution is 9.10. The number of halogens is 1. The number of carbonyl (C=O) groups is 3. The quantitative estimate of drug-likeness (QED) is 0.760. The first-order valence-electron chi connectivity index (χ1n) is 8.64. The Morgan fingerprint density at radius 1 is 1.11 bits per heavy atom. The molecule has 2 aromatic rings. The van der Waals surface area contributed by atoms with E-state index < -0.39 is 12.1 Å². The molecule has 7 heteroatoms. The van der Waals surface area contributed by atoms with Gasteiger partial charge in [-0.3, -0.25) is 14.4 Å². The Morgan fingerprint density at radius 2 is 1.81 bits per heavy atom. The van der Waals surface area contributed by atoms with E-state index in [0.717, 1.165) is 4.47 Å². The molecule has 138 valence electrons. The molecule has 2 atom stereocenters. The molecule has 0 aromatic heterocycles. The van der Waals surface area contributed by atoms with E-state index in [4.69, 9.17) is 0 Å². The second-order valence-corrected chi connectivity index (χ2v) is 7.65. The van der Waals surface area contributed by atoms with Crippen LogP contribution in [0.2, 0.25) is 0 Å². The molecule has 27 heavy (non-hydrogen) atoms. The second kappa shape index (κ2) is 6.90. The van der Waals surface area contributed by atoms with E-state index in [1.165, 1.54) is 9.80 Å². The van der Waals surface area contributed by atoms with Crippen LogP contribution in [0.3, 0.4) is 0 Å². The zero-order valence-electron chi connectivity index (χ0n) is 14.3. The van der Waals surface area contributed by atoms with E-state index in [1.54, 1.807) is 48.5 Å². The van der Waals surface area contributed by atoms with Crippen LogP contribution in [0.5, 0.6) is 0 Å². The van der Waals surface area contributed by atoms with Gasteiger partial charge in [-0.1, -0.05) is 40.2 Å². The summed E-state index contributed by atoms with van der Waals surface area (Å²) >= 11 is 3.33. The molecule has 0 radical (unpaired) electrons. The largest absolute Gasteiger partial charge is 0.391 e. The van der Waals surface area contributed by atoms with Crippen molar-refractivity contribution in [3.8, 4) is 0 Å². The van der Waals surface area contributed by atoms with Gasteiger partial charge >= 0.3 is 0 Å². The molecule has 2 heterocycles. The molecule has 0 unspecified atom stereocenters. The van der Waals surface area contributed by atoms with Crippen molar-refractivity contribution in [1.29, 1.82) is 0 Å². The maximum atomic E-state index is 13.2. The molecule has 2 aliphatic rings. The van der Waals surface area contributed by atoms with Crippen LogP contribution >= 0.6 is 15.9 Å². The van der Waals surface area contributed by atoms with Crippen LogP contribution in [0.15, 0.2) is 53.0 Å². The molecule has 2 aromatic carbocycles. The Hall–Kier alpha value is -2.51. The second-order valence-electron chi connectivity index (χ2n) is 6.73. The minimum atomic E-state index is -0.752. The van der Waals surface area contributed by atoms with Crippen LogP contribution in [-0.4, -0.2) is 52.8 Å². The van der Waals surface area contributed by atoms with Gasteiger partial charge in [0, 0.05) is 23.0 Å². The number of amides is 2. The molecule has 2 amide bonds. The number of nitrogens with zero attached hydrogens (tertiary/aromatic N) is 2. The van der Waals surface area contributed by atoms with Crippen molar-refractivity contribution in [2.75, 3.05) is 18.0 Å². The van der Waals surface area contributed by atoms with E-state index >= 15 is 0 Å². The summed E-state index contributed by atoms with van der Waals surface area (Å²) in [5.74, 6) is -0.848. The lowest BCUT2D eigenvalue weighted by atomic mass is 10.1. The third kappa shape index (κ3) is 3.17. The maximum Gasteiger partial charge on any atom is 0.256 e. The van der Waals surface area contributed by atoms with Gasteiger partial charge in [0.05, 0.1) is 23.9 Å². The third-order valence-corrected chi connectivity index (χ3v) is 5.51. The molecule has 1 N–H and O–H groups in total. The number of aliphatic hydroxyl groups excluding tert-OH is 1. The standard InChI is InChI=1S/C20H17BrN2O4/c21-13-7-5-12(6-8-13)18(25)11-23-16-4-2-1-3-15(16)19(26)22-10-14(24)9-17(22)20(23)27/h1-8,14,17,24H,9-11H2/t14-,17+/m1/s1. The van der Waals surface area contributed by atoms with Gasteiger partial charge in [-0.2, -0.15) is 0 Å². The number of hydrogen-bond donors (Lipinski definition) is 1. The number of rotatable bonds is 3. The molecule has 0 aliphatic carbocycles. The molecule has 1 saturated heterocycles. The smallest absolute Gasteiger partial charge is 0.256 e. The van der Waals surface area contributed by atoms with Gasteiger partial charge in [-0.15, -0.1) is 0 Å². The molecular formula is C20H17BrN2O4. The highest BCUT2D eigenvalue weighted by Gasteiger charge is 2.45.